The number of anilines is 3. The maximum absolute atomic E-state index is 2.62. The molecule has 7 aliphatic carbocycles. The van der Waals surface area contributed by atoms with Crippen LogP contribution in [0, 0.1) is 20.8 Å². The molecule has 9 aromatic rings. The zero-order valence-corrected chi connectivity index (χ0v) is 60.3. The maximum Gasteiger partial charge on any atom is 0.102 e. The predicted octanol–water partition coefficient (Wildman–Crippen LogP) is 22.6. The molecule has 0 amide bonds. The van der Waals surface area contributed by atoms with Gasteiger partial charge in [-0.25, -0.2) is 0 Å². The van der Waals surface area contributed by atoms with E-state index in [9.17, 15) is 0 Å². The first-order chi connectivity index (χ1) is 46.8. The fraction of sp³-hybridized carbons (Fsp3) is 0.407. The second kappa shape index (κ2) is 22.4. The Labute approximate surface area is 579 Å². The lowest BCUT2D eigenvalue weighted by Gasteiger charge is -2.56. The summed E-state index contributed by atoms with van der Waals surface area (Å²) in [5.41, 5.74) is 28.0. The normalized spacial score (nSPS) is 27.0. The third kappa shape index (κ3) is 8.62. The van der Waals surface area contributed by atoms with E-state index in [2.05, 4.69) is 303 Å². The Kier molecular flexibility index (Phi) is 14.4. The van der Waals surface area contributed by atoms with E-state index in [1.807, 2.05) is 0 Å². The van der Waals surface area contributed by atoms with Crippen LogP contribution < -0.4 is 14.7 Å². The SMILES string of the molecule is Cc1cc2c(cc1N1C=CN(C)[C@@H]1C)-c1c(ccc3ccccc13)C1(CCCC1)C21CCCC1.Cc1ccc2c(c1N1C=CN(C)[C@@H]1C)C1(C)CCCC1(C)c1c-2ccc2ccccc12.Cc1ccc2c(c1N1C=CN(C)[C@@H]1C)C1(C)CCCCC1(C)c1cc3ccccc3cc1-2. The highest BCUT2D eigenvalue weighted by atomic mass is 15.4. The number of fused-ring (bicyclic) bond motifs is 23. The van der Waals surface area contributed by atoms with Gasteiger partial charge in [0, 0.05) is 108 Å². The summed E-state index contributed by atoms with van der Waals surface area (Å²) in [6.07, 6.45) is 34.3. The quantitative estimate of drug-likeness (QED) is 0.174. The average Bonchev–Trinajstić information content (AvgIpc) is 1.69. The molecule has 7 atom stereocenters. The van der Waals surface area contributed by atoms with Gasteiger partial charge in [-0.15, -0.1) is 0 Å². The molecular formula is C91H102N6. The largest absolute Gasteiger partial charge is 0.359 e. The number of benzene rings is 9. The van der Waals surface area contributed by atoms with E-state index < -0.39 is 0 Å². The summed E-state index contributed by atoms with van der Waals surface area (Å²) in [7, 11) is 6.53. The molecule has 0 aromatic heterocycles. The molecule has 19 rings (SSSR count). The van der Waals surface area contributed by atoms with E-state index in [0.29, 0.717) is 29.3 Å². The van der Waals surface area contributed by atoms with Crippen LogP contribution >= 0.6 is 0 Å². The molecule has 2 spiro atoms. The van der Waals surface area contributed by atoms with Crippen LogP contribution in [0.3, 0.4) is 0 Å². The molecule has 4 saturated carbocycles. The minimum Gasteiger partial charge on any atom is -0.359 e. The summed E-state index contributed by atoms with van der Waals surface area (Å²) in [5.74, 6) is 0. The molecule has 6 heteroatoms. The molecule has 10 aliphatic rings. The van der Waals surface area contributed by atoms with E-state index in [1.54, 1.807) is 33.4 Å². The van der Waals surface area contributed by atoms with Gasteiger partial charge in [-0.05, 0) is 227 Å². The van der Waals surface area contributed by atoms with Crippen LogP contribution in [0.1, 0.15) is 195 Å². The Morgan fingerprint density at radius 3 is 1.31 bits per heavy atom. The van der Waals surface area contributed by atoms with Crippen molar-refractivity contribution in [1.82, 2.24) is 14.7 Å². The maximum atomic E-state index is 2.62. The molecule has 4 fully saturated rings. The van der Waals surface area contributed by atoms with E-state index in [0.717, 1.165) is 0 Å². The van der Waals surface area contributed by atoms with Crippen molar-refractivity contribution in [2.45, 2.75) is 217 Å². The van der Waals surface area contributed by atoms with Crippen LogP contribution in [0.15, 0.2) is 183 Å². The lowest BCUT2D eigenvalue weighted by Crippen LogP contribution is -2.51. The van der Waals surface area contributed by atoms with E-state index in [-0.39, 0.29) is 21.7 Å². The highest BCUT2D eigenvalue weighted by molar-refractivity contribution is 6.03. The average molecular weight is 1280 g/mol. The molecule has 0 saturated heterocycles. The first-order valence-corrected chi connectivity index (χ1v) is 37.4. The summed E-state index contributed by atoms with van der Waals surface area (Å²) in [6, 6.07) is 56.3. The van der Waals surface area contributed by atoms with Gasteiger partial charge in [-0.3, -0.25) is 0 Å². The van der Waals surface area contributed by atoms with Crippen molar-refractivity contribution in [3.05, 3.63) is 233 Å². The molecule has 3 aliphatic heterocycles. The van der Waals surface area contributed by atoms with Gasteiger partial charge in [0.05, 0.1) is 0 Å². The van der Waals surface area contributed by atoms with Gasteiger partial charge in [0.2, 0.25) is 0 Å². The van der Waals surface area contributed by atoms with Crippen molar-refractivity contribution in [2.75, 3.05) is 35.8 Å². The van der Waals surface area contributed by atoms with Crippen LogP contribution in [0.25, 0.3) is 65.7 Å². The van der Waals surface area contributed by atoms with Crippen molar-refractivity contribution < 1.29 is 0 Å². The zero-order valence-electron chi connectivity index (χ0n) is 60.3. The third-order valence-corrected chi connectivity index (χ3v) is 28.4. The van der Waals surface area contributed by atoms with Crippen LogP contribution in [-0.4, -0.2) is 54.3 Å². The van der Waals surface area contributed by atoms with Crippen molar-refractivity contribution in [2.24, 2.45) is 0 Å². The highest BCUT2D eigenvalue weighted by Crippen LogP contribution is 2.69. The Hall–Kier alpha value is -8.22. The van der Waals surface area contributed by atoms with Gasteiger partial charge in [-0.2, -0.15) is 0 Å². The molecule has 496 valence electrons. The highest BCUT2D eigenvalue weighted by Gasteiger charge is 2.61. The monoisotopic (exact) mass is 1280 g/mol. The van der Waals surface area contributed by atoms with Crippen LogP contribution in [0.4, 0.5) is 17.1 Å². The fourth-order valence-electron chi connectivity index (χ4n) is 22.3. The minimum absolute atomic E-state index is 0.117. The van der Waals surface area contributed by atoms with Crippen LogP contribution in [-0.2, 0) is 32.5 Å². The Balaban J connectivity index is 0.000000110. The zero-order chi connectivity index (χ0) is 66.9. The molecule has 0 radical (unpaired) electrons. The minimum atomic E-state index is 0.117. The van der Waals surface area contributed by atoms with Crippen molar-refractivity contribution in [3.63, 3.8) is 0 Å². The number of nitrogens with zero attached hydrogens (tertiary/aromatic N) is 6. The first kappa shape index (κ1) is 62.3. The van der Waals surface area contributed by atoms with Crippen molar-refractivity contribution in [1.29, 1.82) is 0 Å². The predicted molar refractivity (Wildman–Crippen MR) is 411 cm³/mol. The van der Waals surface area contributed by atoms with E-state index in [1.165, 1.54) is 196 Å². The molecule has 0 bridgehead atoms. The molecule has 0 N–H and O–H groups in total. The molecule has 9 aromatic carbocycles. The molecule has 97 heavy (non-hydrogen) atoms. The summed E-state index contributed by atoms with van der Waals surface area (Å²) in [5, 5.41) is 8.34. The van der Waals surface area contributed by atoms with Gasteiger partial charge < -0.3 is 29.4 Å². The summed E-state index contributed by atoms with van der Waals surface area (Å²) < 4.78 is 0. The lowest BCUT2D eigenvalue weighted by molar-refractivity contribution is 0.169. The summed E-state index contributed by atoms with van der Waals surface area (Å²) in [4.78, 5) is 14.4. The topological polar surface area (TPSA) is 19.4 Å². The van der Waals surface area contributed by atoms with Crippen molar-refractivity contribution >= 4 is 49.4 Å². The van der Waals surface area contributed by atoms with E-state index in [4.69, 9.17) is 0 Å². The Morgan fingerprint density at radius 2 is 0.742 bits per heavy atom. The van der Waals surface area contributed by atoms with Crippen LogP contribution in [0.5, 0.6) is 0 Å². The fourth-order valence-corrected chi connectivity index (χ4v) is 22.3. The lowest BCUT2D eigenvalue weighted by atomic mass is 9.48. The Bertz CT molecular complexity index is 4800. The number of rotatable bonds is 3. The standard InChI is InChI=1S/C32H36N2.C30H34N2.C29H32N2/c1-22-20-28-26(21-29(22)34-19-18-33(3)23(34)2)30-25-11-5-4-10-24(25)12-13-27(30)31(14-6-7-15-31)32(28)16-8-9-17-32;1-20-12-13-24-25-18-22-10-6-7-11-23(22)19-26(25)29(3)14-8-9-15-30(29,4)27(24)28(20)32-17-16-31(5)21(32)2;1-19-11-13-24-23-14-12-21-9-6-7-10-22(21)25(23)28(3)15-8-16-29(28,4)26(24)27(19)31-18-17-30(5)20(31)2/h4-5,10-13,18-21,23H,6-9,14-17H2,1-3H3;6-7,10-13,16-19,21H,8-9,14-15H2,1-5H3;6-7,9-14,17-18,20H,8,15-16H2,1-5H3/t23-;21-,29?,30?;20-,28?,29?/m000/s1. The molecule has 6 nitrogen and oxygen atoms in total. The smallest absolute Gasteiger partial charge is 0.102 e. The van der Waals surface area contributed by atoms with Gasteiger partial charge in [0.15, 0.2) is 0 Å². The second-order valence-electron chi connectivity index (χ2n) is 32.6. The van der Waals surface area contributed by atoms with Gasteiger partial charge in [0.25, 0.3) is 0 Å². The number of hydrogen-bond acceptors (Lipinski definition) is 6. The number of aryl methyl sites for hydroxylation is 3. The first-order valence-electron chi connectivity index (χ1n) is 37.4. The molecular weight excluding hydrogens is 1180 g/mol. The van der Waals surface area contributed by atoms with Gasteiger partial charge in [-0.1, -0.05) is 200 Å². The van der Waals surface area contributed by atoms with Crippen molar-refractivity contribution in [3.8, 4) is 33.4 Å². The summed E-state index contributed by atoms with van der Waals surface area (Å²) in [6.45, 7) is 24.1. The molecule has 3 heterocycles. The second-order valence-corrected chi connectivity index (χ2v) is 32.6. The Morgan fingerprint density at radius 1 is 0.320 bits per heavy atom. The summed E-state index contributed by atoms with van der Waals surface area (Å²) >= 11 is 0. The number of hydrogen-bond donors (Lipinski definition) is 0. The third-order valence-electron chi connectivity index (χ3n) is 28.4. The van der Waals surface area contributed by atoms with Crippen LogP contribution in [0.2, 0.25) is 0 Å². The molecule has 4 unspecified atom stereocenters. The van der Waals surface area contributed by atoms with Gasteiger partial charge in [0.1, 0.15) is 18.5 Å². The van der Waals surface area contributed by atoms with E-state index >= 15 is 0 Å². The van der Waals surface area contributed by atoms with Gasteiger partial charge >= 0.3 is 0 Å².